The third-order valence-electron chi connectivity index (χ3n) is 2.69. The van der Waals surface area contributed by atoms with E-state index >= 15 is 0 Å². The van der Waals surface area contributed by atoms with Crippen molar-refractivity contribution in [3.05, 3.63) is 24.3 Å². The molecule has 0 fully saturated rings. The Morgan fingerprint density at radius 3 is 2.53 bits per heavy atom. The van der Waals surface area contributed by atoms with Crippen LogP contribution in [0.5, 0.6) is 5.75 Å². The summed E-state index contributed by atoms with van der Waals surface area (Å²) in [6, 6.07) is 6.41. The van der Waals surface area contributed by atoms with Gasteiger partial charge in [-0.2, -0.15) is 0 Å². The van der Waals surface area contributed by atoms with Crippen molar-refractivity contribution in [2.45, 2.75) is 17.9 Å². The van der Waals surface area contributed by atoms with Crippen LogP contribution < -0.4 is 10.1 Å². The summed E-state index contributed by atoms with van der Waals surface area (Å²) in [6.45, 7) is 2.97. The monoisotopic (exact) mass is 287 g/mol. The van der Waals surface area contributed by atoms with Crippen molar-refractivity contribution < 1.29 is 17.9 Å². The molecule has 1 rings (SSSR count). The van der Waals surface area contributed by atoms with E-state index in [4.69, 9.17) is 9.47 Å². The fraction of sp³-hybridized carbons (Fsp3) is 0.538. The molecule has 6 heteroatoms. The maximum Gasteiger partial charge on any atom is 0.183 e. The molecule has 0 heterocycles. The molecule has 0 saturated heterocycles. The molecule has 1 N–H and O–H groups in total. The Morgan fingerprint density at radius 1 is 1.26 bits per heavy atom. The number of likely N-dealkylation sites (N-methyl/N-ethyl adjacent to an activating group) is 1. The van der Waals surface area contributed by atoms with Crippen LogP contribution in [0.25, 0.3) is 0 Å². The first kappa shape index (κ1) is 15.9. The van der Waals surface area contributed by atoms with Crippen LogP contribution in [0, 0.1) is 0 Å². The zero-order valence-electron chi connectivity index (χ0n) is 11.5. The first-order valence-corrected chi connectivity index (χ1v) is 7.78. The second kappa shape index (κ2) is 7.47. The molecule has 1 aromatic rings. The number of benzene rings is 1. The second-order valence-electron chi connectivity index (χ2n) is 4.14. The molecule has 0 bridgehead atoms. The summed E-state index contributed by atoms with van der Waals surface area (Å²) in [6.07, 6.45) is 0. The lowest BCUT2D eigenvalue weighted by molar-refractivity contribution is 0.174. The van der Waals surface area contributed by atoms with E-state index in [0.717, 1.165) is 0 Å². The average Bonchev–Trinajstić information content (AvgIpc) is 2.39. The van der Waals surface area contributed by atoms with Gasteiger partial charge in [0, 0.05) is 13.2 Å². The molecule has 1 aromatic carbocycles. The summed E-state index contributed by atoms with van der Waals surface area (Å²) in [5.41, 5.74) is 0. The highest BCUT2D eigenvalue weighted by Gasteiger charge is 2.23. The van der Waals surface area contributed by atoms with Crippen LogP contribution in [0.15, 0.2) is 29.2 Å². The molecule has 0 aliphatic rings. The minimum absolute atomic E-state index is 0.0188. The molecule has 0 aromatic heterocycles. The second-order valence-corrected chi connectivity index (χ2v) is 6.14. The van der Waals surface area contributed by atoms with E-state index in [1.165, 1.54) is 7.11 Å². The Morgan fingerprint density at radius 2 is 1.95 bits per heavy atom. The molecule has 0 saturated carbocycles. The van der Waals surface area contributed by atoms with Crippen LogP contribution in [0.1, 0.15) is 6.92 Å². The summed E-state index contributed by atoms with van der Waals surface area (Å²) >= 11 is 0. The van der Waals surface area contributed by atoms with Crippen molar-refractivity contribution in [3.63, 3.8) is 0 Å². The van der Waals surface area contributed by atoms with Gasteiger partial charge >= 0.3 is 0 Å². The van der Waals surface area contributed by atoms with Crippen molar-refractivity contribution >= 4 is 9.84 Å². The standard InChI is InChI=1S/C13H21NO4S/c1-4-14-11(9-17-2)10-19(15,16)13-8-6-5-7-12(13)18-3/h5-8,11,14H,4,9-10H2,1-3H3. The van der Waals surface area contributed by atoms with Gasteiger partial charge in [0.25, 0.3) is 0 Å². The molecule has 108 valence electrons. The van der Waals surface area contributed by atoms with Gasteiger partial charge in [0.2, 0.25) is 0 Å². The molecular formula is C13H21NO4S. The van der Waals surface area contributed by atoms with E-state index in [1.54, 1.807) is 31.4 Å². The lowest BCUT2D eigenvalue weighted by atomic mass is 10.3. The van der Waals surface area contributed by atoms with Crippen LogP contribution in [0.4, 0.5) is 0 Å². The highest BCUT2D eigenvalue weighted by Crippen LogP contribution is 2.24. The van der Waals surface area contributed by atoms with Crippen LogP contribution in [-0.4, -0.2) is 47.6 Å². The maximum absolute atomic E-state index is 12.4. The number of sulfone groups is 1. The van der Waals surface area contributed by atoms with Crippen LogP contribution >= 0.6 is 0 Å². The maximum atomic E-state index is 12.4. The molecule has 0 aliphatic carbocycles. The molecule has 0 spiro atoms. The third-order valence-corrected chi connectivity index (χ3v) is 4.53. The summed E-state index contributed by atoms with van der Waals surface area (Å²) in [5, 5.41) is 3.10. The van der Waals surface area contributed by atoms with Crippen LogP contribution in [-0.2, 0) is 14.6 Å². The first-order chi connectivity index (χ1) is 9.05. The number of hydrogen-bond acceptors (Lipinski definition) is 5. The zero-order chi connectivity index (χ0) is 14.3. The van der Waals surface area contributed by atoms with E-state index in [1.807, 2.05) is 6.92 Å². The van der Waals surface area contributed by atoms with Crippen molar-refractivity contribution in [2.24, 2.45) is 0 Å². The number of hydrogen-bond donors (Lipinski definition) is 1. The summed E-state index contributed by atoms with van der Waals surface area (Å²) in [4.78, 5) is 0.219. The fourth-order valence-electron chi connectivity index (χ4n) is 1.89. The van der Waals surface area contributed by atoms with Gasteiger partial charge in [-0.1, -0.05) is 19.1 Å². The first-order valence-electron chi connectivity index (χ1n) is 6.13. The molecule has 1 atom stereocenters. The van der Waals surface area contributed by atoms with Crippen molar-refractivity contribution in [3.8, 4) is 5.75 Å². The van der Waals surface area contributed by atoms with Gasteiger partial charge < -0.3 is 14.8 Å². The Hall–Kier alpha value is -1.11. The van der Waals surface area contributed by atoms with Gasteiger partial charge in [-0.25, -0.2) is 8.42 Å². The van der Waals surface area contributed by atoms with Crippen molar-refractivity contribution in [1.29, 1.82) is 0 Å². The van der Waals surface area contributed by atoms with Crippen LogP contribution in [0.2, 0.25) is 0 Å². The lowest BCUT2D eigenvalue weighted by Gasteiger charge is -2.17. The molecule has 0 amide bonds. The van der Waals surface area contributed by atoms with Gasteiger partial charge in [-0.05, 0) is 18.7 Å². The highest BCUT2D eigenvalue weighted by molar-refractivity contribution is 7.91. The lowest BCUT2D eigenvalue weighted by Crippen LogP contribution is -2.39. The molecule has 5 nitrogen and oxygen atoms in total. The van der Waals surface area contributed by atoms with Gasteiger partial charge in [0.15, 0.2) is 9.84 Å². The Labute approximate surface area is 114 Å². The van der Waals surface area contributed by atoms with E-state index < -0.39 is 9.84 Å². The normalized spacial score (nSPS) is 13.2. The number of rotatable bonds is 8. The Balaban J connectivity index is 2.96. The number of methoxy groups -OCH3 is 2. The van der Waals surface area contributed by atoms with Gasteiger partial charge in [-0.3, -0.25) is 0 Å². The molecule has 0 aliphatic heterocycles. The third kappa shape index (κ3) is 4.49. The van der Waals surface area contributed by atoms with Gasteiger partial charge in [0.1, 0.15) is 10.6 Å². The van der Waals surface area contributed by atoms with Crippen LogP contribution in [0.3, 0.4) is 0 Å². The Kier molecular flexibility index (Phi) is 6.27. The number of ether oxygens (including phenoxy) is 2. The minimum Gasteiger partial charge on any atom is -0.495 e. The summed E-state index contributed by atoms with van der Waals surface area (Å²) in [7, 11) is -0.395. The van der Waals surface area contributed by atoms with Crippen molar-refractivity contribution in [2.75, 3.05) is 33.1 Å². The summed E-state index contributed by atoms with van der Waals surface area (Å²) in [5.74, 6) is 0.352. The molecular weight excluding hydrogens is 266 g/mol. The van der Waals surface area contributed by atoms with E-state index in [0.29, 0.717) is 18.9 Å². The van der Waals surface area contributed by atoms with E-state index in [2.05, 4.69) is 5.32 Å². The Bertz CT molecular complexity index is 481. The fourth-order valence-corrected chi connectivity index (χ4v) is 3.55. The quantitative estimate of drug-likeness (QED) is 0.775. The van der Waals surface area contributed by atoms with Gasteiger partial charge in [-0.15, -0.1) is 0 Å². The largest absolute Gasteiger partial charge is 0.495 e. The average molecular weight is 287 g/mol. The molecule has 19 heavy (non-hydrogen) atoms. The topological polar surface area (TPSA) is 64.6 Å². The molecule has 1 unspecified atom stereocenters. The predicted molar refractivity (Wildman–Crippen MR) is 74.4 cm³/mol. The minimum atomic E-state index is -3.41. The number of nitrogens with one attached hydrogen (secondary N) is 1. The summed E-state index contributed by atoms with van der Waals surface area (Å²) < 4.78 is 34.9. The van der Waals surface area contributed by atoms with Gasteiger partial charge in [0.05, 0.1) is 19.5 Å². The van der Waals surface area contributed by atoms with Crippen molar-refractivity contribution in [1.82, 2.24) is 5.32 Å². The highest BCUT2D eigenvalue weighted by atomic mass is 32.2. The zero-order valence-corrected chi connectivity index (χ0v) is 12.4. The SMILES string of the molecule is CCNC(COC)CS(=O)(=O)c1ccccc1OC. The van der Waals surface area contributed by atoms with E-state index in [-0.39, 0.29) is 16.7 Å². The predicted octanol–water partition coefficient (Wildman–Crippen LogP) is 1.09. The number of para-hydroxylation sites is 1. The molecule has 0 radical (unpaired) electrons. The smallest absolute Gasteiger partial charge is 0.183 e. The van der Waals surface area contributed by atoms with E-state index in [9.17, 15) is 8.42 Å².